The molecule has 3 amide bonds. The fourth-order valence-corrected chi connectivity index (χ4v) is 4.43. The summed E-state index contributed by atoms with van der Waals surface area (Å²) in [5.41, 5.74) is 6.51. The molecule has 10 heteroatoms. The Labute approximate surface area is 243 Å². The molecule has 6 N–H and O–H groups in total. The van der Waals surface area contributed by atoms with Gasteiger partial charge in [0.05, 0.1) is 18.1 Å². The molecule has 228 valence electrons. The standard InChI is InChI=1S/C31H48N4O6/c1-19(26-27(41-26)22-14-12-21(17-32)13-15-22)10-8-9-11-24(36)33-18-25(37)34-20(2)31(6,7)29(40)35-23(28(38)39)16-30(3,4)5/h9,11-15,19-20,23,26-27H,8,10,16-18,32H2,1-7H3,(H,33,36)(H,34,37)(H,35,40)(H,38,39)/b11-9+/t19-,20-,23-,26+,27+/m0/s1. The number of amides is 3. The summed E-state index contributed by atoms with van der Waals surface area (Å²) in [4.78, 5) is 49.2. The molecular weight excluding hydrogens is 524 g/mol. The zero-order chi connectivity index (χ0) is 31.0. The van der Waals surface area contributed by atoms with E-state index < -0.39 is 35.3 Å². The summed E-state index contributed by atoms with van der Waals surface area (Å²) in [7, 11) is 0. The van der Waals surface area contributed by atoms with Crippen LogP contribution < -0.4 is 21.7 Å². The highest BCUT2D eigenvalue weighted by Crippen LogP contribution is 2.44. The van der Waals surface area contributed by atoms with Crippen molar-refractivity contribution in [2.75, 3.05) is 6.54 Å². The Hall–Kier alpha value is -3.24. The first kappa shape index (κ1) is 34.0. The molecule has 1 aromatic rings. The van der Waals surface area contributed by atoms with Crippen LogP contribution in [0.3, 0.4) is 0 Å². The maximum absolute atomic E-state index is 12.9. The zero-order valence-corrected chi connectivity index (χ0v) is 25.5. The largest absolute Gasteiger partial charge is 0.480 e. The minimum Gasteiger partial charge on any atom is -0.480 e. The van der Waals surface area contributed by atoms with Crippen molar-refractivity contribution < 1.29 is 29.0 Å². The van der Waals surface area contributed by atoms with Crippen molar-refractivity contribution in [3.63, 3.8) is 0 Å². The van der Waals surface area contributed by atoms with Crippen LogP contribution in [0.1, 0.15) is 85.0 Å². The Morgan fingerprint density at radius 1 is 1.05 bits per heavy atom. The highest BCUT2D eigenvalue weighted by molar-refractivity contribution is 5.92. The lowest BCUT2D eigenvalue weighted by Gasteiger charge is -2.33. The van der Waals surface area contributed by atoms with Crippen molar-refractivity contribution in [3.8, 4) is 0 Å². The van der Waals surface area contributed by atoms with E-state index in [1.807, 2.05) is 32.9 Å². The highest BCUT2D eigenvalue weighted by atomic mass is 16.6. The van der Waals surface area contributed by atoms with Crippen molar-refractivity contribution >= 4 is 23.7 Å². The van der Waals surface area contributed by atoms with Gasteiger partial charge in [-0.25, -0.2) is 4.79 Å². The summed E-state index contributed by atoms with van der Waals surface area (Å²) in [5.74, 6) is -2.09. The molecule has 1 aromatic carbocycles. The van der Waals surface area contributed by atoms with Crippen LogP contribution in [-0.4, -0.2) is 53.5 Å². The number of hydrogen-bond donors (Lipinski definition) is 5. The maximum Gasteiger partial charge on any atom is 0.326 e. The molecule has 1 heterocycles. The lowest BCUT2D eigenvalue weighted by atomic mass is 9.83. The summed E-state index contributed by atoms with van der Waals surface area (Å²) in [5, 5.41) is 17.4. The number of aliphatic carboxylic acids is 1. The minimum atomic E-state index is -1.11. The number of epoxide rings is 1. The van der Waals surface area contributed by atoms with Crippen LogP contribution in [0.2, 0.25) is 0 Å². The zero-order valence-electron chi connectivity index (χ0n) is 25.5. The van der Waals surface area contributed by atoms with Gasteiger partial charge in [-0.2, -0.15) is 0 Å². The number of benzene rings is 1. The summed E-state index contributed by atoms with van der Waals surface area (Å²) in [6.07, 6.45) is 5.28. The van der Waals surface area contributed by atoms with E-state index >= 15 is 0 Å². The second-order valence-corrected chi connectivity index (χ2v) is 12.8. The lowest BCUT2D eigenvalue weighted by molar-refractivity contribution is -0.145. The molecular formula is C31H48N4O6. The average molecular weight is 573 g/mol. The summed E-state index contributed by atoms with van der Waals surface area (Å²) >= 11 is 0. The summed E-state index contributed by atoms with van der Waals surface area (Å²) < 4.78 is 5.87. The van der Waals surface area contributed by atoms with Gasteiger partial charge in [-0.05, 0) is 68.6 Å². The third-order valence-electron chi connectivity index (χ3n) is 7.58. The van der Waals surface area contributed by atoms with Crippen LogP contribution in [0, 0.1) is 16.7 Å². The molecule has 0 saturated carbocycles. The van der Waals surface area contributed by atoms with Crippen LogP contribution in [0.15, 0.2) is 36.4 Å². The normalized spacial score (nSPS) is 19.2. The number of carboxylic acids is 1. The first-order chi connectivity index (χ1) is 19.0. The van der Waals surface area contributed by atoms with E-state index in [0.717, 1.165) is 17.5 Å². The van der Waals surface area contributed by atoms with Gasteiger partial charge in [-0.1, -0.05) is 58.0 Å². The van der Waals surface area contributed by atoms with Gasteiger partial charge in [-0.3, -0.25) is 14.4 Å². The second-order valence-electron chi connectivity index (χ2n) is 12.8. The second kappa shape index (κ2) is 14.6. The fraction of sp³-hybridized carbons (Fsp3) is 0.613. The average Bonchev–Trinajstić information content (AvgIpc) is 3.69. The van der Waals surface area contributed by atoms with Gasteiger partial charge >= 0.3 is 5.97 Å². The summed E-state index contributed by atoms with van der Waals surface area (Å²) in [6.45, 7) is 13.0. The number of ether oxygens (including phenoxy) is 1. The number of hydrogen-bond acceptors (Lipinski definition) is 6. The van der Waals surface area contributed by atoms with E-state index in [9.17, 15) is 24.3 Å². The predicted molar refractivity (Wildman–Crippen MR) is 158 cm³/mol. The SMILES string of the molecule is C[C@H](NC(=O)CNC(=O)/C=C/CC[C@H](C)[C@H]1O[C@@H]1c1ccc(CN)cc1)C(C)(C)C(=O)N[C@@H](CC(C)(C)C)C(=O)O. The Morgan fingerprint density at radius 3 is 2.24 bits per heavy atom. The van der Waals surface area contributed by atoms with E-state index in [2.05, 4.69) is 35.0 Å². The molecule has 1 aliphatic heterocycles. The van der Waals surface area contributed by atoms with Gasteiger partial charge in [0.2, 0.25) is 17.7 Å². The third kappa shape index (κ3) is 10.9. The van der Waals surface area contributed by atoms with E-state index in [1.54, 1.807) is 26.8 Å². The van der Waals surface area contributed by atoms with Crippen molar-refractivity contribution in [2.24, 2.45) is 22.5 Å². The van der Waals surface area contributed by atoms with Crippen LogP contribution in [-0.2, 0) is 30.5 Å². The molecule has 0 aliphatic carbocycles. The topological polar surface area (TPSA) is 163 Å². The number of allylic oxidation sites excluding steroid dienone is 1. The molecule has 5 atom stereocenters. The molecule has 0 aromatic heterocycles. The van der Waals surface area contributed by atoms with E-state index in [1.165, 1.54) is 6.08 Å². The van der Waals surface area contributed by atoms with Crippen molar-refractivity contribution in [3.05, 3.63) is 47.5 Å². The van der Waals surface area contributed by atoms with Crippen LogP contribution in [0.5, 0.6) is 0 Å². The number of carbonyl (C=O) groups is 4. The molecule has 2 rings (SSSR count). The van der Waals surface area contributed by atoms with Gasteiger partial charge in [0.15, 0.2) is 0 Å². The van der Waals surface area contributed by atoms with Gasteiger partial charge in [0.25, 0.3) is 0 Å². The molecule has 0 unspecified atom stereocenters. The molecule has 1 aliphatic rings. The van der Waals surface area contributed by atoms with Gasteiger partial charge < -0.3 is 31.5 Å². The molecule has 0 spiro atoms. The monoisotopic (exact) mass is 572 g/mol. The van der Waals surface area contributed by atoms with Crippen LogP contribution in [0.4, 0.5) is 0 Å². The Bertz CT molecular complexity index is 1090. The smallest absolute Gasteiger partial charge is 0.326 e. The number of carboxylic acid groups (broad SMARTS) is 1. The fourth-order valence-electron chi connectivity index (χ4n) is 4.43. The Kier molecular flexibility index (Phi) is 12.1. The molecule has 0 bridgehead atoms. The van der Waals surface area contributed by atoms with Crippen molar-refractivity contribution in [1.82, 2.24) is 16.0 Å². The summed E-state index contributed by atoms with van der Waals surface area (Å²) in [6, 6.07) is 6.50. The minimum absolute atomic E-state index is 0.100. The van der Waals surface area contributed by atoms with Crippen LogP contribution >= 0.6 is 0 Å². The first-order valence-corrected chi connectivity index (χ1v) is 14.3. The lowest BCUT2D eigenvalue weighted by Crippen LogP contribution is -2.55. The van der Waals surface area contributed by atoms with Crippen molar-refractivity contribution in [2.45, 2.75) is 98.6 Å². The maximum atomic E-state index is 12.9. The van der Waals surface area contributed by atoms with E-state index in [4.69, 9.17) is 10.5 Å². The van der Waals surface area contributed by atoms with Gasteiger partial charge in [-0.15, -0.1) is 0 Å². The number of rotatable bonds is 15. The third-order valence-corrected chi connectivity index (χ3v) is 7.58. The van der Waals surface area contributed by atoms with Crippen LogP contribution in [0.25, 0.3) is 0 Å². The Balaban J connectivity index is 1.72. The van der Waals surface area contributed by atoms with E-state index in [0.29, 0.717) is 18.9 Å². The molecule has 1 fully saturated rings. The first-order valence-electron chi connectivity index (χ1n) is 14.3. The highest BCUT2D eigenvalue weighted by Gasteiger charge is 2.43. The van der Waals surface area contributed by atoms with Crippen molar-refractivity contribution in [1.29, 1.82) is 0 Å². The van der Waals surface area contributed by atoms with E-state index in [-0.39, 0.29) is 36.5 Å². The quantitative estimate of drug-likeness (QED) is 0.159. The van der Waals surface area contributed by atoms with Gasteiger partial charge in [0, 0.05) is 12.6 Å². The number of nitrogens with one attached hydrogen (secondary N) is 3. The molecule has 10 nitrogen and oxygen atoms in total. The molecule has 0 radical (unpaired) electrons. The van der Waals surface area contributed by atoms with Gasteiger partial charge in [0.1, 0.15) is 12.1 Å². The Morgan fingerprint density at radius 2 is 1.68 bits per heavy atom. The molecule has 1 saturated heterocycles. The number of nitrogens with two attached hydrogens (primary N) is 1. The predicted octanol–water partition coefficient (Wildman–Crippen LogP) is 3.21. The molecule has 41 heavy (non-hydrogen) atoms. The number of carbonyl (C=O) groups excluding carboxylic acids is 3.